The second-order valence-electron chi connectivity index (χ2n) is 3.38. The molecule has 2 rings (SSSR count). The molecule has 78 valence electrons. The summed E-state index contributed by atoms with van der Waals surface area (Å²) in [5.41, 5.74) is 1.19. The van der Waals surface area contributed by atoms with Gasteiger partial charge in [-0.25, -0.2) is 14.1 Å². The largest absolute Gasteiger partial charge is 0.237 e. The number of halogens is 1. The van der Waals surface area contributed by atoms with Crippen LogP contribution in [-0.4, -0.2) is 14.8 Å². The van der Waals surface area contributed by atoms with Crippen molar-refractivity contribution < 1.29 is 4.39 Å². The number of hydrogen-bond acceptors (Lipinski definition) is 2. The van der Waals surface area contributed by atoms with Crippen LogP contribution in [-0.2, 0) is 6.42 Å². The minimum Gasteiger partial charge on any atom is -0.237 e. The first-order valence-electron chi connectivity index (χ1n) is 4.95. The van der Waals surface area contributed by atoms with Crippen LogP contribution >= 0.6 is 0 Å². The van der Waals surface area contributed by atoms with E-state index in [-0.39, 0.29) is 5.82 Å². The van der Waals surface area contributed by atoms with Crippen molar-refractivity contribution in [1.82, 2.24) is 14.8 Å². The van der Waals surface area contributed by atoms with Crippen LogP contribution in [0.1, 0.15) is 18.9 Å². The number of aryl methyl sites for hydroxylation is 1. The number of hydrogen-bond donors (Lipinski definition) is 0. The van der Waals surface area contributed by atoms with Gasteiger partial charge in [0.05, 0.1) is 12.4 Å². The first-order valence-corrected chi connectivity index (χ1v) is 4.95. The molecular weight excluding hydrogens is 193 g/mol. The zero-order valence-corrected chi connectivity index (χ0v) is 8.52. The molecule has 0 radical (unpaired) electrons. The standard InChI is InChI=1S/C11H12FN3/c1-2-3-9-4-5-11(13-6-9)15-8-10(12)7-14-15/h4-8H,2-3H2,1H3. The summed E-state index contributed by atoms with van der Waals surface area (Å²) in [6, 6.07) is 3.84. The van der Waals surface area contributed by atoms with Crippen LogP contribution in [0.3, 0.4) is 0 Å². The summed E-state index contributed by atoms with van der Waals surface area (Å²) in [4.78, 5) is 4.21. The first-order chi connectivity index (χ1) is 7.29. The van der Waals surface area contributed by atoms with Crippen molar-refractivity contribution in [2.24, 2.45) is 0 Å². The minimum absolute atomic E-state index is 0.352. The van der Waals surface area contributed by atoms with Crippen LogP contribution in [0.2, 0.25) is 0 Å². The Bertz CT molecular complexity index is 433. The summed E-state index contributed by atoms with van der Waals surface area (Å²) < 4.78 is 14.1. The first kappa shape index (κ1) is 9.83. The van der Waals surface area contributed by atoms with Gasteiger partial charge in [0.2, 0.25) is 0 Å². The number of nitrogens with zero attached hydrogens (tertiary/aromatic N) is 3. The molecule has 0 bridgehead atoms. The maximum absolute atomic E-state index is 12.7. The summed E-state index contributed by atoms with van der Waals surface area (Å²) in [7, 11) is 0. The van der Waals surface area contributed by atoms with E-state index in [9.17, 15) is 4.39 Å². The fraction of sp³-hybridized carbons (Fsp3) is 0.273. The third kappa shape index (κ3) is 2.21. The quantitative estimate of drug-likeness (QED) is 0.770. The van der Waals surface area contributed by atoms with Crippen molar-refractivity contribution in [3.8, 4) is 5.82 Å². The smallest absolute Gasteiger partial charge is 0.161 e. The molecule has 0 spiro atoms. The fourth-order valence-corrected chi connectivity index (χ4v) is 1.41. The van der Waals surface area contributed by atoms with E-state index in [0.29, 0.717) is 5.82 Å². The highest BCUT2D eigenvalue weighted by molar-refractivity contribution is 5.24. The molecule has 0 unspecified atom stereocenters. The predicted octanol–water partition coefficient (Wildman–Crippen LogP) is 2.36. The Morgan fingerprint density at radius 1 is 1.33 bits per heavy atom. The molecule has 0 aliphatic carbocycles. The lowest BCUT2D eigenvalue weighted by Gasteiger charge is -2.01. The van der Waals surface area contributed by atoms with E-state index in [1.165, 1.54) is 22.6 Å². The molecule has 15 heavy (non-hydrogen) atoms. The number of pyridine rings is 1. The molecule has 3 nitrogen and oxygen atoms in total. The Morgan fingerprint density at radius 3 is 2.73 bits per heavy atom. The average molecular weight is 205 g/mol. The van der Waals surface area contributed by atoms with E-state index in [1.54, 1.807) is 6.20 Å². The van der Waals surface area contributed by atoms with Gasteiger partial charge in [0.1, 0.15) is 0 Å². The molecule has 0 saturated heterocycles. The molecule has 0 aromatic carbocycles. The average Bonchev–Trinajstić information content (AvgIpc) is 2.67. The molecule has 4 heteroatoms. The van der Waals surface area contributed by atoms with Crippen molar-refractivity contribution in [2.45, 2.75) is 19.8 Å². The highest BCUT2D eigenvalue weighted by Gasteiger charge is 2.01. The van der Waals surface area contributed by atoms with E-state index >= 15 is 0 Å². The highest BCUT2D eigenvalue weighted by atomic mass is 19.1. The Kier molecular flexibility index (Phi) is 2.76. The van der Waals surface area contributed by atoms with Gasteiger partial charge in [-0.2, -0.15) is 5.10 Å². The monoisotopic (exact) mass is 205 g/mol. The topological polar surface area (TPSA) is 30.7 Å². The summed E-state index contributed by atoms with van der Waals surface area (Å²) in [5, 5.41) is 3.84. The van der Waals surface area contributed by atoms with Crippen molar-refractivity contribution in [3.05, 3.63) is 42.1 Å². The van der Waals surface area contributed by atoms with E-state index < -0.39 is 0 Å². The molecule has 0 N–H and O–H groups in total. The van der Waals surface area contributed by atoms with Crippen LogP contribution in [0.25, 0.3) is 5.82 Å². The maximum Gasteiger partial charge on any atom is 0.161 e. The van der Waals surface area contributed by atoms with Gasteiger partial charge in [-0.3, -0.25) is 0 Å². The second kappa shape index (κ2) is 4.21. The van der Waals surface area contributed by atoms with E-state index in [4.69, 9.17) is 0 Å². The maximum atomic E-state index is 12.7. The lowest BCUT2D eigenvalue weighted by atomic mass is 10.2. The van der Waals surface area contributed by atoms with Gasteiger partial charge in [-0.15, -0.1) is 0 Å². The highest BCUT2D eigenvalue weighted by Crippen LogP contribution is 2.07. The van der Waals surface area contributed by atoms with E-state index in [1.807, 2.05) is 12.1 Å². The number of rotatable bonds is 3. The molecule has 2 aromatic heterocycles. The Balaban J connectivity index is 2.23. The fourth-order valence-electron chi connectivity index (χ4n) is 1.41. The second-order valence-corrected chi connectivity index (χ2v) is 3.38. The SMILES string of the molecule is CCCc1ccc(-n2cc(F)cn2)nc1. The Labute approximate surface area is 87.6 Å². The molecule has 0 aliphatic rings. The van der Waals surface area contributed by atoms with Gasteiger partial charge in [0.15, 0.2) is 11.6 Å². The summed E-state index contributed by atoms with van der Waals surface area (Å²) in [5.74, 6) is 0.285. The third-order valence-corrected chi connectivity index (χ3v) is 2.13. The van der Waals surface area contributed by atoms with E-state index in [0.717, 1.165) is 12.8 Å². The molecule has 2 heterocycles. The van der Waals surface area contributed by atoms with Gasteiger partial charge >= 0.3 is 0 Å². The molecule has 0 atom stereocenters. The van der Waals surface area contributed by atoms with Gasteiger partial charge in [-0.1, -0.05) is 19.4 Å². The van der Waals surface area contributed by atoms with Crippen molar-refractivity contribution in [3.63, 3.8) is 0 Å². The Morgan fingerprint density at radius 2 is 2.20 bits per heavy atom. The van der Waals surface area contributed by atoms with Gasteiger partial charge < -0.3 is 0 Å². The van der Waals surface area contributed by atoms with Gasteiger partial charge in [-0.05, 0) is 18.1 Å². The minimum atomic E-state index is -0.352. The lowest BCUT2D eigenvalue weighted by molar-refractivity contribution is 0.627. The van der Waals surface area contributed by atoms with Crippen LogP contribution in [0.4, 0.5) is 4.39 Å². The zero-order chi connectivity index (χ0) is 10.7. The zero-order valence-electron chi connectivity index (χ0n) is 8.52. The molecule has 0 aliphatic heterocycles. The van der Waals surface area contributed by atoms with E-state index in [2.05, 4.69) is 17.0 Å². The molecule has 0 saturated carbocycles. The third-order valence-electron chi connectivity index (χ3n) is 2.13. The van der Waals surface area contributed by atoms with Gasteiger partial charge in [0, 0.05) is 6.20 Å². The Hall–Kier alpha value is -1.71. The molecular formula is C11H12FN3. The summed E-state index contributed by atoms with van der Waals surface area (Å²) >= 11 is 0. The lowest BCUT2D eigenvalue weighted by Crippen LogP contribution is -1.98. The number of aromatic nitrogens is 3. The van der Waals surface area contributed by atoms with Crippen LogP contribution in [0.5, 0.6) is 0 Å². The molecule has 2 aromatic rings. The summed E-state index contributed by atoms with van der Waals surface area (Å²) in [6.07, 6.45) is 6.39. The van der Waals surface area contributed by atoms with Crippen LogP contribution in [0, 0.1) is 5.82 Å². The van der Waals surface area contributed by atoms with Gasteiger partial charge in [0.25, 0.3) is 0 Å². The normalized spacial score (nSPS) is 10.5. The summed E-state index contributed by atoms with van der Waals surface area (Å²) in [6.45, 7) is 2.12. The van der Waals surface area contributed by atoms with Crippen molar-refractivity contribution >= 4 is 0 Å². The van der Waals surface area contributed by atoms with Crippen molar-refractivity contribution in [2.75, 3.05) is 0 Å². The van der Waals surface area contributed by atoms with Crippen molar-refractivity contribution in [1.29, 1.82) is 0 Å². The molecule has 0 amide bonds. The predicted molar refractivity (Wildman–Crippen MR) is 55.3 cm³/mol. The van der Waals surface area contributed by atoms with Crippen LogP contribution < -0.4 is 0 Å². The van der Waals surface area contributed by atoms with Crippen LogP contribution in [0.15, 0.2) is 30.7 Å². The molecule has 0 fully saturated rings.